The van der Waals surface area contributed by atoms with Crippen molar-refractivity contribution in [3.8, 4) is 0 Å². The Morgan fingerprint density at radius 3 is 2.47 bits per heavy atom. The van der Waals surface area contributed by atoms with Crippen LogP contribution >= 0.6 is 0 Å². The third-order valence-corrected chi connectivity index (χ3v) is 6.85. The number of fused-ring (bicyclic) bond motifs is 1. The largest absolute Gasteiger partial charge is 0.322 e. The number of benzene rings is 1. The average Bonchev–Trinajstić information content (AvgIpc) is 3.02. The van der Waals surface area contributed by atoms with Gasteiger partial charge in [-0.1, -0.05) is 12.1 Å². The number of amides is 3. The number of imide groups is 1. The fourth-order valence-corrected chi connectivity index (χ4v) is 4.93. The predicted octanol–water partition coefficient (Wildman–Crippen LogP) is -0.215. The van der Waals surface area contributed by atoms with Gasteiger partial charge in [-0.3, -0.25) is 24.6 Å². The summed E-state index contributed by atoms with van der Waals surface area (Å²) in [6.45, 7) is 9.09. The number of carbonyl (C=O) groups excluding carboxylic acids is 3. The van der Waals surface area contributed by atoms with Crippen molar-refractivity contribution in [1.82, 2.24) is 25.3 Å². The predicted molar refractivity (Wildman–Crippen MR) is 111 cm³/mol. The molecule has 1 aromatic rings. The summed E-state index contributed by atoms with van der Waals surface area (Å²) in [5.74, 6) is 0.0993. The number of hydrogen-bond acceptors (Lipinski definition) is 6. The molecule has 3 saturated heterocycles. The Balaban J connectivity index is 1.19. The van der Waals surface area contributed by atoms with E-state index in [9.17, 15) is 14.4 Å². The van der Waals surface area contributed by atoms with Crippen molar-refractivity contribution in [2.24, 2.45) is 5.92 Å². The SMILES string of the molecule is O=C1CCC(N2Cc3ccc(CN4CCN(CC5CNC5)CC4)cc3C2=O)C(=O)N1. The van der Waals surface area contributed by atoms with Crippen molar-refractivity contribution in [2.75, 3.05) is 45.8 Å². The fourth-order valence-electron chi connectivity index (χ4n) is 4.93. The van der Waals surface area contributed by atoms with E-state index < -0.39 is 6.04 Å². The van der Waals surface area contributed by atoms with E-state index in [1.165, 1.54) is 6.54 Å². The molecule has 8 heteroatoms. The second-order valence-electron chi connectivity index (χ2n) is 8.99. The molecule has 30 heavy (non-hydrogen) atoms. The molecule has 0 radical (unpaired) electrons. The molecule has 0 aromatic heterocycles. The minimum Gasteiger partial charge on any atom is -0.322 e. The van der Waals surface area contributed by atoms with Crippen LogP contribution < -0.4 is 10.6 Å². The number of nitrogens with zero attached hydrogens (tertiary/aromatic N) is 3. The molecule has 0 bridgehead atoms. The van der Waals surface area contributed by atoms with Gasteiger partial charge in [0.1, 0.15) is 6.04 Å². The average molecular weight is 412 g/mol. The van der Waals surface area contributed by atoms with E-state index in [1.807, 2.05) is 12.1 Å². The highest BCUT2D eigenvalue weighted by molar-refractivity contribution is 6.05. The number of hydrogen-bond donors (Lipinski definition) is 2. The number of piperidine rings is 1. The topological polar surface area (TPSA) is 85.0 Å². The van der Waals surface area contributed by atoms with Gasteiger partial charge in [-0.15, -0.1) is 0 Å². The molecule has 1 aromatic carbocycles. The first kappa shape index (κ1) is 19.7. The second-order valence-corrected chi connectivity index (χ2v) is 8.99. The molecule has 4 aliphatic heterocycles. The van der Waals surface area contributed by atoms with Crippen LogP contribution in [0.15, 0.2) is 18.2 Å². The third-order valence-electron chi connectivity index (χ3n) is 6.85. The van der Waals surface area contributed by atoms with Crippen molar-refractivity contribution in [1.29, 1.82) is 0 Å². The standard InChI is InChI=1S/C22H29N5O3/c28-20-4-3-19(21(29)24-20)27-14-17-2-1-15(9-18(17)22(27)30)12-25-5-7-26(8-6-25)13-16-10-23-11-16/h1-2,9,16,19,23H,3-8,10-14H2,(H,24,28,29). The first-order valence-electron chi connectivity index (χ1n) is 11.0. The van der Waals surface area contributed by atoms with Gasteiger partial charge in [0.2, 0.25) is 11.8 Å². The monoisotopic (exact) mass is 411 g/mol. The molecular weight excluding hydrogens is 382 g/mol. The first-order chi connectivity index (χ1) is 14.6. The lowest BCUT2D eigenvalue weighted by molar-refractivity contribution is -0.136. The van der Waals surface area contributed by atoms with Crippen LogP contribution in [0.1, 0.15) is 34.3 Å². The van der Waals surface area contributed by atoms with E-state index in [-0.39, 0.29) is 24.1 Å². The van der Waals surface area contributed by atoms with Gasteiger partial charge in [-0.2, -0.15) is 0 Å². The lowest BCUT2D eigenvalue weighted by Gasteiger charge is -2.38. The molecule has 1 unspecified atom stereocenters. The zero-order valence-corrected chi connectivity index (χ0v) is 17.2. The summed E-state index contributed by atoms with van der Waals surface area (Å²) >= 11 is 0. The zero-order valence-electron chi connectivity index (χ0n) is 17.2. The van der Waals surface area contributed by atoms with Gasteiger partial charge in [0.25, 0.3) is 5.91 Å². The molecule has 160 valence electrons. The van der Waals surface area contributed by atoms with Crippen LogP contribution in [0.3, 0.4) is 0 Å². The Kier molecular flexibility index (Phi) is 5.30. The normalized spacial score (nSPS) is 25.9. The number of rotatable bonds is 5. The Labute approximate surface area is 176 Å². The smallest absolute Gasteiger partial charge is 0.255 e. The highest BCUT2D eigenvalue weighted by Gasteiger charge is 2.39. The maximum atomic E-state index is 13.0. The van der Waals surface area contributed by atoms with E-state index in [0.717, 1.165) is 62.9 Å². The van der Waals surface area contributed by atoms with E-state index in [4.69, 9.17) is 0 Å². The van der Waals surface area contributed by atoms with Crippen molar-refractivity contribution in [3.05, 3.63) is 34.9 Å². The van der Waals surface area contributed by atoms with Gasteiger partial charge in [0.15, 0.2) is 0 Å². The third kappa shape index (κ3) is 3.87. The summed E-state index contributed by atoms with van der Waals surface area (Å²) in [5.41, 5.74) is 2.81. The van der Waals surface area contributed by atoms with Gasteiger partial charge >= 0.3 is 0 Å². The van der Waals surface area contributed by atoms with Crippen molar-refractivity contribution in [3.63, 3.8) is 0 Å². The summed E-state index contributed by atoms with van der Waals surface area (Å²) in [5, 5.41) is 5.70. The molecule has 8 nitrogen and oxygen atoms in total. The second kappa shape index (κ2) is 8.09. The lowest BCUT2D eigenvalue weighted by Crippen LogP contribution is -2.53. The highest BCUT2D eigenvalue weighted by atomic mass is 16.2. The maximum Gasteiger partial charge on any atom is 0.255 e. The van der Waals surface area contributed by atoms with E-state index in [2.05, 4.69) is 26.5 Å². The summed E-state index contributed by atoms with van der Waals surface area (Å²) in [6, 6.07) is 5.57. The van der Waals surface area contributed by atoms with Crippen LogP contribution in [-0.2, 0) is 22.7 Å². The highest BCUT2D eigenvalue weighted by Crippen LogP contribution is 2.28. The molecule has 4 heterocycles. The van der Waals surface area contributed by atoms with Crippen molar-refractivity contribution >= 4 is 17.7 Å². The van der Waals surface area contributed by atoms with Crippen molar-refractivity contribution < 1.29 is 14.4 Å². The minimum atomic E-state index is -0.551. The van der Waals surface area contributed by atoms with Gasteiger partial charge in [0.05, 0.1) is 0 Å². The molecule has 3 amide bonds. The lowest BCUT2D eigenvalue weighted by atomic mass is 10.0. The first-order valence-corrected chi connectivity index (χ1v) is 11.0. The van der Waals surface area contributed by atoms with Crippen LogP contribution in [0.25, 0.3) is 0 Å². The molecule has 2 N–H and O–H groups in total. The van der Waals surface area contributed by atoms with E-state index >= 15 is 0 Å². The van der Waals surface area contributed by atoms with Gasteiger partial charge < -0.3 is 15.1 Å². The quantitative estimate of drug-likeness (QED) is 0.652. The molecule has 0 aliphatic carbocycles. The molecule has 4 aliphatic rings. The van der Waals surface area contributed by atoms with Crippen LogP contribution in [0, 0.1) is 5.92 Å². The Morgan fingerprint density at radius 1 is 1.00 bits per heavy atom. The summed E-state index contributed by atoms with van der Waals surface area (Å²) in [4.78, 5) is 43.2. The van der Waals surface area contributed by atoms with E-state index in [0.29, 0.717) is 18.5 Å². The molecular formula is C22H29N5O3. The van der Waals surface area contributed by atoms with Crippen LogP contribution in [0.5, 0.6) is 0 Å². The van der Waals surface area contributed by atoms with Crippen LogP contribution in [0.4, 0.5) is 0 Å². The van der Waals surface area contributed by atoms with Gasteiger partial charge in [0, 0.05) is 70.9 Å². The number of piperazine rings is 1. The Hall–Kier alpha value is -2.29. The number of carbonyl (C=O) groups is 3. The van der Waals surface area contributed by atoms with Crippen molar-refractivity contribution in [2.45, 2.75) is 32.0 Å². The van der Waals surface area contributed by atoms with Crippen LogP contribution in [-0.4, -0.2) is 84.3 Å². The van der Waals surface area contributed by atoms with E-state index in [1.54, 1.807) is 4.90 Å². The molecule has 0 spiro atoms. The van der Waals surface area contributed by atoms with Gasteiger partial charge in [-0.25, -0.2) is 0 Å². The zero-order chi connectivity index (χ0) is 20.7. The summed E-state index contributed by atoms with van der Waals surface area (Å²) < 4.78 is 0. The van der Waals surface area contributed by atoms with Gasteiger partial charge in [-0.05, 0) is 29.5 Å². The summed E-state index contributed by atoms with van der Waals surface area (Å²) in [6.07, 6.45) is 0.684. The maximum absolute atomic E-state index is 13.0. The minimum absolute atomic E-state index is 0.0970. The molecule has 5 rings (SSSR count). The van der Waals surface area contributed by atoms with Crippen LogP contribution in [0.2, 0.25) is 0 Å². The summed E-state index contributed by atoms with van der Waals surface area (Å²) in [7, 11) is 0. The fraction of sp³-hybridized carbons (Fsp3) is 0.591. The Morgan fingerprint density at radius 2 is 1.77 bits per heavy atom. The molecule has 3 fully saturated rings. The molecule has 1 atom stereocenters. The molecule has 0 saturated carbocycles. The number of nitrogens with one attached hydrogen (secondary N) is 2. The Bertz CT molecular complexity index is 860.